The van der Waals surface area contributed by atoms with Crippen molar-refractivity contribution >= 4 is 40.6 Å². The molecule has 0 aliphatic heterocycles. The predicted molar refractivity (Wildman–Crippen MR) is 63.0 cm³/mol. The average molecular weight is 273 g/mol. The summed E-state index contributed by atoms with van der Waals surface area (Å²) in [6, 6.07) is 0. The molecule has 1 amide bonds. The van der Waals surface area contributed by atoms with E-state index >= 15 is 0 Å². The van der Waals surface area contributed by atoms with Crippen molar-refractivity contribution in [2.24, 2.45) is 0 Å². The molecule has 9 heteroatoms. The van der Waals surface area contributed by atoms with Gasteiger partial charge in [-0.2, -0.15) is 5.10 Å². The lowest BCUT2D eigenvalue weighted by Crippen LogP contribution is -2.15. The second-order valence-electron chi connectivity index (χ2n) is 2.98. The van der Waals surface area contributed by atoms with Gasteiger partial charge in [0.15, 0.2) is 11.0 Å². The van der Waals surface area contributed by atoms with Gasteiger partial charge in [-0.3, -0.25) is 9.89 Å². The van der Waals surface area contributed by atoms with Gasteiger partial charge in [-0.1, -0.05) is 23.2 Å². The number of carbonyl (C=O) groups is 1. The number of hydrogen-bond donors (Lipinski definition) is 3. The lowest BCUT2D eigenvalue weighted by atomic mass is 10.3. The monoisotopic (exact) mass is 272 g/mol. The number of halogens is 2. The van der Waals surface area contributed by atoms with E-state index in [1.54, 1.807) is 0 Å². The van der Waals surface area contributed by atoms with Crippen molar-refractivity contribution in [3.8, 4) is 0 Å². The van der Waals surface area contributed by atoms with Crippen LogP contribution in [0.3, 0.4) is 0 Å². The number of nitrogen functional groups attached to an aromatic ring is 1. The lowest BCUT2D eigenvalue weighted by molar-refractivity contribution is 0.102. The largest absolute Gasteiger partial charge is 0.396 e. The SMILES string of the molecule is Nc1cn[nH]c1C(=O)Nc1ncnc(Cl)c1Cl. The molecule has 0 radical (unpaired) electrons. The number of aromatic nitrogens is 4. The first-order valence-electron chi connectivity index (χ1n) is 4.35. The molecule has 17 heavy (non-hydrogen) atoms. The highest BCUT2D eigenvalue weighted by Gasteiger charge is 2.15. The van der Waals surface area contributed by atoms with Crippen molar-refractivity contribution in [2.75, 3.05) is 11.1 Å². The topological polar surface area (TPSA) is 110 Å². The Morgan fingerprint density at radius 1 is 1.41 bits per heavy atom. The molecule has 88 valence electrons. The fourth-order valence-corrected chi connectivity index (χ4v) is 1.36. The van der Waals surface area contributed by atoms with Crippen LogP contribution in [0.25, 0.3) is 0 Å². The van der Waals surface area contributed by atoms with Gasteiger partial charge in [-0.15, -0.1) is 0 Å². The van der Waals surface area contributed by atoms with Crippen molar-refractivity contribution in [1.82, 2.24) is 20.2 Å². The van der Waals surface area contributed by atoms with E-state index < -0.39 is 5.91 Å². The van der Waals surface area contributed by atoms with Gasteiger partial charge in [0, 0.05) is 0 Å². The van der Waals surface area contributed by atoms with Crippen LogP contribution in [0.1, 0.15) is 10.5 Å². The van der Waals surface area contributed by atoms with Crippen molar-refractivity contribution in [1.29, 1.82) is 0 Å². The normalized spacial score (nSPS) is 10.2. The Morgan fingerprint density at radius 3 is 2.82 bits per heavy atom. The zero-order valence-corrected chi connectivity index (χ0v) is 9.75. The first-order valence-corrected chi connectivity index (χ1v) is 5.11. The molecule has 0 aromatic carbocycles. The zero-order chi connectivity index (χ0) is 12.4. The smallest absolute Gasteiger partial charge is 0.277 e. The maximum Gasteiger partial charge on any atom is 0.277 e. The van der Waals surface area contributed by atoms with Crippen molar-refractivity contribution in [3.63, 3.8) is 0 Å². The van der Waals surface area contributed by atoms with Crippen LogP contribution < -0.4 is 11.1 Å². The van der Waals surface area contributed by atoms with Crippen molar-refractivity contribution in [3.05, 3.63) is 28.4 Å². The number of H-pyrrole nitrogens is 1. The van der Waals surface area contributed by atoms with E-state index in [2.05, 4.69) is 25.5 Å². The lowest BCUT2D eigenvalue weighted by Gasteiger charge is -2.05. The zero-order valence-electron chi connectivity index (χ0n) is 8.24. The molecular formula is C8H6Cl2N6O. The molecule has 0 bridgehead atoms. The molecular weight excluding hydrogens is 267 g/mol. The highest BCUT2D eigenvalue weighted by atomic mass is 35.5. The van der Waals surface area contributed by atoms with Crippen LogP contribution in [0.15, 0.2) is 12.5 Å². The number of nitrogens with zero attached hydrogens (tertiary/aromatic N) is 3. The Morgan fingerprint density at radius 2 is 2.18 bits per heavy atom. The summed E-state index contributed by atoms with van der Waals surface area (Å²) in [4.78, 5) is 19.2. The summed E-state index contributed by atoms with van der Waals surface area (Å²) in [6.45, 7) is 0. The van der Waals surface area contributed by atoms with Gasteiger partial charge < -0.3 is 11.1 Å². The minimum Gasteiger partial charge on any atom is -0.396 e. The number of amides is 1. The second kappa shape index (κ2) is 4.56. The van der Waals surface area contributed by atoms with Gasteiger partial charge in [0.25, 0.3) is 5.91 Å². The van der Waals surface area contributed by atoms with E-state index in [0.29, 0.717) is 0 Å². The summed E-state index contributed by atoms with van der Waals surface area (Å²) in [5.41, 5.74) is 5.86. The quantitative estimate of drug-likeness (QED) is 0.715. The van der Waals surface area contributed by atoms with E-state index in [9.17, 15) is 4.79 Å². The molecule has 7 nitrogen and oxygen atoms in total. The molecule has 0 unspecified atom stereocenters. The Balaban J connectivity index is 2.25. The standard InChI is InChI=1S/C8H6Cl2N6O/c9-4-6(10)12-2-13-7(4)15-8(17)5-3(11)1-14-16-5/h1-2H,11H2,(H,14,16)(H,12,13,15,17). The van der Waals surface area contributed by atoms with Crippen LogP contribution >= 0.6 is 23.2 Å². The fourth-order valence-electron chi connectivity index (χ4n) is 1.08. The van der Waals surface area contributed by atoms with Crippen LogP contribution in [0.2, 0.25) is 10.2 Å². The fraction of sp³-hybridized carbons (Fsp3) is 0. The first-order chi connectivity index (χ1) is 8.09. The van der Waals surface area contributed by atoms with Crippen molar-refractivity contribution < 1.29 is 4.79 Å². The number of anilines is 2. The van der Waals surface area contributed by atoms with Crippen LogP contribution in [-0.4, -0.2) is 26.1 Å². The third kappa shape index (κ3) is 2.29. The molecule has 0 spiro atoms. The summed E-state index contributed by atoms with van der Waals surface area (Å²) in [5, 5.41) is 8.62. The molecule has 0 aliphatic rings. The minimum absolute atomic E-state index is 0.0505. The van der Waals surface area contributed by atoms with E-state index in [1.165, 1.54) is 12.5 Å². The Labute approximate surface area is 105 Å². The van der Waals surface area contributed by atoms with Gasteiger partial charge in [0.2, 0.25) is 0 Å². The van der Waals surface area contributed by atoms with Crippen LogP contribution in [0.4, 0.5) is 11.5 Å². The minimum atomic E-state index is -0.517. The molecule has 2 heterocycles. The van der Waals surface area contributed by atoms with Crippen LogP contribution in [0, 0.1) is 0 Å². The molecule has 0 fully saturated rings. The number of nitrogens with two attached hydrogens (primary N) is 1. The van der Waals surface area contributed by atoms with Gasteiger partial charge in [0.05, 0.1) is 11.9 Å². The van der Waals surface area contributed by atoms with Gasteiger partial charge in [0.1, 0.15) is 17.0 Å². The molecule has 0 aliphatic carbocycles. The Hall–Kier alpha value is -1.86. The van der Waals surface area contributed by atoms with Crippen LogP contribution in [-0.2, 0) is 0 Å². The summed E-state index contributed by atoms with van der Waals surface area (Å²) in [5.74, 6) is -0.415. The van der Waals surface area contributed by atoms with Gasteiger partial charge in [-0.25, -0.2) is 9.97 Å². The highest BCUT2D eigenvalue weighted by Crippen LogP contribution is 2.25. The van der Waals surface area contributed by atoms with Gasteiger partial charge in [-0.05, 0) is 0 Å². The molecule has 0 saturated carbocycles. The summed E-state index contributed by atoms with van der Waals surface area (Å²) in [6.07, 6.45) is 2.50. The molecule has 2 rings (SSSR count). The summed E-state index contributed by atoms with van der Waals surface area (Å²) < 4.78 is 0. The maximum absolute atomic E-state index is 11.7. The number of carbonyl (C=O) groups excluding carboxylic acids is 1. The third-order valence-electron chi connectivity index (χ3n) is 1.87. The number of hydrogen-bond acceptors (Lipinski definition) is 5. The van der Waals surface area contributed by atoms with Gasteiger partial charge >= 0.3 is 0 Å². The number of rotatable bonds is 2. The highest BCUT2D eigenvalue weighted by molar-refractivity contribution is 6.43. The predicted octanol–water partition coefficient (Wildman–Crippen LogP) is 1.34. The third-order valence-corrected chi connectivity index (χ3v) is 2.62. The van der Waals surface area contributed by atoms with Crippen LogP contribution in [0.5, 0.6) is 0 Å². The number of nitrogens with one attached hydrogen (secondary N) is 2. The van der Waals surface area contributed by atoms with E-state index in [4.69, 9.17) is 28.9 Å². The Bertz CT molecular complexity index is 569. The average Bonchev–Trinajstić information content (AvgIpc) is 2.71. The van der Waals surface area contributed by atoms with E-state index in [0.717, 1.165) is 0 Å². The molecule has 2 aromatic heterocycles. The Kier molecular flexibility index (Phi) is 3.12. The first kappa shape index (κ1) is 11.6. The van der Waals surface area contributed by atoms with E-state index in [-0.39, 0.29) is 27.4 Å². The van der Waals surface area contributed by atoms with Crippen molar-refractivity contribution in [2.45, 2.75) is 0 Å². The molecule has 4 N–H and O–H groups in total. The molecule has 2 aromatic rings. The second-order valence-corrected chi connectivity index (χ2v) is 3.72. The summed E-state index contributed by atoms with van der Waals surface area (Å²) in [7, 11) is 0. The molecule has 0 saturated heterocycles. The van der Waals surface area contributed by atoms with E-state index in [1.807, 2.05) is 0 Å². The molecule has 0 atom stereocenters. The summed E-state index contributed by atoms with van der Waals surface area (Å²) >= 11 is 11.5. The number of aromatic amines is 1. The maximum atomic E-state index is 11.7.